The van der Waals surface area contributed by atoms with Crippen LogP contribution in [-0.4, -0.2) is 50.5 Å². The molecule has 0 bridgehead atoms. The maximum atomic E-state index is 13.9. The number of hydrogen-bond acceptors (Lipinski definition) is 4. The molecule has 0 spiro atoms. The van der Waals surface area contributed by atoms with Crippen LogP contribution in [0.4, 0.5) is 5.69 Å². The molecule has 3 rings (SSSR count). The van der Waals surface area contributed by atoms with Gasteiger partial charge < -0.3 is 10.2 Å². The van der Waals surface area contributed by atoms with Crippen LogP contribution in [0.25, 0.3) is 0 Å². The van der Waals surface area contributed by atoms with Gasteiger partial charge in [-0.1, -0.05) is 79.5 Å². The Labute approximate surface area is 255 Å². The molecule has 3 aromatic rings. The Morgan fingerprint density at radius 3 is 2.26 bits per heavy atom. The number of anilines is 1. The summed E-state index contributed by atoms with van der Waals surface area (Å²) in [5.41, 5.74) is 4.20. The van der Waals surface area contributed by atoms with E-state index in [1.54, 1.807) is 17.0 Å². The van der Waals surface area contributed by atoms with Crippen molar-refractivity contribution in [3.05, 3.63) is 100 Å². The lowest BCUT2D eigenvalue weighted by atomic mass is 10.0. The van der Waals surface area contributed by atoms with Crippen molar-refractivity contribution in [3.63, 3.8) is 0 Å². The molecule has 0 aromatic heterocycles. The number of hydrogen-bond donors (Lipinski definition) is 1. The highest BCUT2D eigenvalue weighted by molar-refractivity contribution is 7.92. The fourth-order valence-electron chi connectivity index (χ4n) is 4.82. The number of aryl methyl sites for hydroxylation is 2. The molecule has 1 N–H and O–H groups in total. The fourth-order valence-corrected chi connectivity index (χ4v) is 5.96. The molecule has 1 atom stereocenters. The van der Waals surface area contributed by atoms with Crippen LogP contribution in [0, 0.1) is 13.8 Å². The predicted molar refractivity (Wildman–Crippen MR) is 171 cm³/mol. The molecule has 0 heterocycles. The summed E-state index contributed by atoms with van der Waals surface area (Å²) in [7, 11) is -3.58. The molecule has 9 heteroatoms. The molecule has 3 aromatic carbocycles. The third-order valence-corrected chi connectivity index (χ3v) is 8.58. The zero-order valence-electron chi connectivity index (χ0n) is 25.0. The number of unbranched alkanes of at least 4 members (excludes halogenated alkanes) is 1. The minimum Gasteiger partial charge on any atom is -0.354 e. The van der Waals surface area contributed by atoms with Gasteiger partial charge in [0.1, 0.15) is 6.04 Å². The molecule has 0 radical (unpaired) electrons. The lowest BCUT2D eigenvalue weighted by Crippen LogP contribution is -2.50. The molecule has 0 unspecified atom stereocenters. The molecule has 42 heavy (non-hydrogen) atoms. The number of nitrogens with zero attached hydrogens (tertiary/aromatic N) is 2. The van der Waals surface area contributed by atoms with Gasteiger partial charge in [-0.05, 0) is 67.1 Å². The first kappa shape index (κ1) is 33.1. The third kappa shape index (κ3) is 9.88. The molecule has 0 fully saturated rings. The summed E-state index contributed by atoms with van der Waals surface area (Å²) in [4.78, 5) is 29.1. The molecule has 0 saturated carbocycles. The second kappa shape index (κ2) is 15.8. The Bertz CT molecular complexity index is 1430. The smallest absolute Gasteiger partial charge is 0.243 e. The van der Waals surface area contributed by atoms with Crippen molar-refractivity contribution >= 4 is 39.1 Å². The molecule has 0 aliphatic carbocycles. The van der Waals surface area contributed by atoms with Gasteiger partial charge in [0.25, 0.3) is 0 Å². The van der Waals surface area contributed by atoms with E-state index in [0.717, 1.165) is 35.1 Å². The molecular weight excluding hydrogens is 570 g/mol. The first-order chi connectivity index (χ1) is 20.0. The SMILES string of the molecule is CCCCNC(=O)[C@@H](Cc1ccccc1)N(Cc1ccc(Cl)cc1)C(=O)CCCN(c1cc(C)ccc1C)S(C)(=O)=O. The predicted octanol–water partition coefficient (Wildman–Crippen LogP) is 6.06. The number of halogens is 1. The van der Waals surface area contributed by atoms with Crippen molar-refractivity contribution in [2.45, 2.75) is 65.5 Å². The molecule has 226 valence electrons. The summed E-state index contributed by atoms with van der Waals surface area (Å²) >= 11 is 6.11. The van der Waals surface area contributed by atoms with Crippen LogP contribution in [0.5, 0.6) is 0 Å². The van der Waals surface area contributed by atoms with Crippen molar-refractivity contribution < 1.29 is 18.0 Å². The Morgan fingerprint density at radius 1 is 0.929 bits per heavy atom. The van der Waals surface area contributed by atoms with Crippen LogP contribution in [0.15, 0.2) is 72.8 Å². The highest BCUT2D eigenvalue weighted by Crippen LogP contribution is 2.25. The van der Waals surface area contributed by atoms with Crippen molar-refractivity contribution in [1.82, 2.24) is 10.2 Å². The van der Waals surface area contributed by atoms with E-state index >= 15 is 0 Å². The summed E-state index contributed by atoms with van der Waals surface area (Å²) in [6.07, 6.45) is 3.70. The third-order valence-electron chi connectivity index (χ3n) is 7.15. The van der Waals surface area contributed by atoms with Crippen molar-refractivity contribution in [1.29, 1.82) is 0 Å². The number of carbonyl (C=O) groups is 2. The Balaban J connectivity index is 1.88. The number of rotatable bonds is 15. The molecule has 0 saturated heterocycles. The van der Waals surface area contributed by atoms with Crippen LogP contribution >= 0.6 is 11.6 Å². The van der Waals surface area contributed by atoms with Gasteiger partial charge >= 0.3 is 0 Å². The van der Waals surface area contributed by atoms with Crippen molar-refractivity contribution in [3.8, 4) is 0 Å². The number of benzene rings is 3. The topological polar surface area (TPSA) is 86.8 Å². The van der Waals surface area contributed by atoms with E-state index in [1.165, 1.54) is 10.6 Å². The highest BCUT2D eigenvalue weighted by Gasteiger charge is 2.30. The second-order valence-corrected chi connectivity index (χ2v) is 13.1. The van der Waals surface area contributed by atoms with E-state index in [1.807, 2.05) is 74.5 Å². The summed E-state index contributed by atoms with van der Waals surface area (Å²) < 4.78 is 26.9. The number of nitrogens with one attached hydrogen (secondary N) is 1. The van der Waals surface area contributed by atoms with Gasteiger partial charge in [-0.25, -0.2) is 8.42 Å². The van der Waals surface area contributed by atoms with Crippen LogP contribution in [0.3, 0.4) is 0 Å². The molecule has 0 aliphatic heterocycles. The maximum Gasteiger partial charge on any atom is 0.243 e. The molecule has 0 aliphatic rings. The van der Waals surface area contributed by atoms with Gasteiger partial charge in [0.2, 0.25) is 21.8 Å². The molecular formula is C33H42ClN3O4S. The Kier molecular flexibility index (Phi) is 12.4. The van der Waals surface area contributed by atoms with Gasteiger partial charge in [-0.15, -0.1) is 0 Å². The largest absolute Gasteiger partial charge is 0.354 e. The zero-order valence-corrected chi connectivity index (χ0v) is 26.5. The zero-order chi connectivity index (χ0) is 30.7. The van der Waals surface area contributed by atoms with E-state index in [2.05, 4.69) is 12.2 Å². The molecule has 7 nitrogen and oxygen atoms in total. The van der Waals surface area contributed by atoms with Crippen LogP contribution in [-0.2, 0) is 32.6 Å². The first-order valence-corrected chi connectivity index (χ1v) is 16.6. The van der Waals surface area contributed by atoms with Gasteiger partial charge in [-0.2, -0.15) is 0 Å². The van der Waals surface area contributed by atoms with E-state index in [-0.39, 0.29) is 31.3 Å². The second-order valence-electron chi connectivity index (χ2n) is 10.7. The van der Waals surface area contributed by atoms with Gasteiger partial charge in [-0.3, -0.25) is 13.9 Å². The van der Waals surface area contributed by atoms with Gasteiger partial charge in [0.05, 0.1) is 11.9 Å². The van der Waals surface area contributed by atoms with Crippen LogP contribution in [0.2, 0.25) is 5.02 Å². The minimum absolute atomic E-state index is 0.0814. The van der Waals surface area contributed by atoms with E-state index < -0.39 is 16.1 Å². The van der Waals surface area contributed by atoms with Crippen LogP contribution < -0.4 is 9.62 Å². The standard InChI is InChI=1S/C33H42ClN3O4S/c1-5-6-20-35-33(39)31(23-27-11-8-7-9-12-27)36(24-28-16-18-29(34)19-17-28)32(38)13-10-21-37(42(4,40)41)30-22-25(2)14-15-26(30)3/h7-9,11-12,14-19,22,31H,5-6,10,13,20-21,23-24H2,1-4H3,(H,35,39)/t31-/m1/s1. The molecule has 2 amide bonds. The summed E-state index contributed by atoms with van der Waals surface area (Å²) in [5.74, 6) is -0.422. The minimum atomic E-state index is -3.58. The van der Waals surface area contributed by atoms with Crippen LogP contribution in [0.1, 0.15) is 54.9 Å². The normalized spacial score (nSPS) is 12.0. The number of sulfonamides is 1. The van der Waals surface area contributed by atoms with Crippen molar-refractivity contribution in [2.24, 2.45) is 0 Å². The van der Waals surface area contributed by atoms with Crippen molar-refractivity contribution in [2.75, 3.05) is 23.7 Å². The van der Waals surface area contributed by atoms with E-state index in [4.69, 9.17) is 11.6 Å². The Morgan fingerprint density at radius 2 is 1.62 bits per heavy atom. The fraction of sp³-hybridized carbons (Fsp3) is 0.394. The van der Waals surface area contributed by atoms with Gasteiger partial charge in [0.15, 0.2) is 0 Å². The number of amides is 2. The average molecular weight is 612 g/mol. The summed E-state index contributed by atoms with van der Waals surface area (Å²) in [6, 6.07) is 21.8. The quantitative estimate of drug-likeness (QED) is 0.212. The summed E-state index contributed by atoms with van der Waals surface area (Å²) in [5, 5.41) is 3.61. The Hall–Kier alpha value is -3.36. The van der Waals surface area contributed by atoms with E-state index in [9.17, 15) is 18.0 Å². The monoisotopic (exact) mass is 611 g/mol. The maximum absolute atomic E-state index is 13.9. The first-order valence-electron chi connectivity index (χ1n) is 14.4. The lowest BCUT2D eigenvalue weighted by molar-refractivity contribution is -0.141. The summed E-state index contributed by atoms with van der Waals surface area (Å²) in [6.45, 7) is 6.75. The highest BCUT2D eigenvalue weighted by atomic mass is 35.5. The van der Waals surface area contributed by atoms with E-state index in [0.29, 0.717) is 30.1 Å². The number of carbonyl (C=O) groups excluding carboxylic acids is 2. The lowest BCUT2D eigenvalue weighted by Gasteiger charge is -2.32. The average Bonchev–Trinajstić information content (AvgIpc) is 2.95. The van der Waals surface area contributed by atoms with Gasteiger partial charge in [0, 0.05) is 37.5 Å².